The van der Waals surface area contributed by atoms with Gasteiger partial charge in [0.2, 0.25) is 10.0 Å². The van der Waals surface area contributed by atoms with Gasteiger partial charge in [-0.05, 0) is 18.2 Å². The Kier molecular flexibility index (Phi) is 6.41. The highest BCUT2D eigenvalue weighted by Crippen LogP contribution is 2.24. The zero-order chi connectivity index (χ0) is 16.0. The number of methoxy groups -OCH3 is 2. The summed E-state index contributed by atoms with van der Waals surface area (Å²) in [6.45, 7) is 0.888. The molecule has 0 fully saturated rings. The molecule has 1 unspecified atom stereocenters. The van der Waals surface area contributed by atoms with Gasteiger partial charge in [-0.1, -0.05) is 0 Å². The van der Waals surface area contributed by atoms with Gasteiger partial charge in [0.15, 0.2) is 0 Å². The van der Waals surface area contributed by atoms with E-state index >= 15 is 0 Å². The van der Waals surface area contributed by atoms with Crippen LogP contribution in [-0.2, 0) is 19.5 Å². The van der Waals surface area contributed by atoms with Crippen LogP contribution in [0.25, 0.3) is 0 Å². The summed E-state index contributed by atoms with van der Waals surface area (Å²) in [6.07, 6.45) is -0.150. The SMILES string of the molecule is COCC(CNc1cc(S(=O)(=O)N(C)C)ccc1N)OC. The van der Waals surface area contributed by atoms with Crippen molar-refractivity contribution in [1.82, 2.24) is 4.31 Å². The third kappa shape index (κ3) is 4.57. The number of ether oxygens (including phenoxy) is 2. The molecule has 3 N–H and O–H groups in total. The largest absolute Gasteiger partial charge is 0.397 e. The van der Waals surface area contributed by atoms with E-state index < -0.39 is 10.0 Å². The van der Waals surface area contributed by atoms with Gasteiger partial charge in [0, 0.05) is 34.9 Å². The van der Waals surface area contributed by atoms with Crippen molar-refractivity contribution < 1.29 is 17.9 Å². The average Bonchev–Trinajstić information content (AvgIpc) is 2.44. The Morgan fingerprint density at radius 2 is 2.00 bits per heavy atom. The second-order valence-electron chi connectivity index (χ2n) is 4.73. The molecular formula is C13H23N3O4S. The number of nitrogen functional groups attached to an aromatic ring is 1. The molecule has 1 rings (SSSR count). The van der Waals surface area contributed by atoms with E-state index in [9.17, 15) is 8.42 Å². The second-order valence-corrected chi connectivity index (χ2v) is 6.88. The topological polar surface area (TPSA) is 93.9 Å². The fraction of sp³-hybridized carbons (Fsp3) is 0.538. The Bertz CT molecular complexity index is 561. The molecule has 1 aromatic carbocycles. The van der Waals surface area contributed by atoms with E-state index in [1.54, 1.807) is 20.3 Å². The number of rotatable bonds is 8. The third-order valence-corrected chi connectivity index (χ3v) is 4.82. The summed E-state index contributed by atoms with van der Waals surface area (Å²) in [6, 6.07) is 4.57. The third-order valence-electron chi connectivity index (χ3n) is 3.01. The predicted molar refractivity (Wildman–Crippen MR) is 82.9 cm³/mol. The summed E-state index contributed by atoms with van der Waals surface area (Å²) in [5, 5.41) is 3.09. The van der Waals surface area contributed by atoms with Gasteiger partial charge in [0.1, 0.15) is 0 Å². The standard InChI is InChI=1S/C13H23N3O4S/c1-16(2)21(17,18)11-5-6-12(14)13(7-11)15-8-10(20-4)9-19-3/h5-7,10,15H,8-9,14H2,1-4H3. The molecule has 0 aromatic heterocycles. The number of nitrogens with two attached hydrogens (primary N) is 1. The van der Waals surface area contributed by atoms with Crippen molar-refractivity contribution in [3.63, 3.8) is 0 Å². The number of nitrogens with zero attached hydrogens (tertiary/aromatic N) is 1. The molecular weight excluding hydrogens is 294 g/mol. The van der Waals surface area contributed by atoms with Gasteiger partial charge in [0.05, 0.1) is 29.0 Å². The van der Waals surface area contributed by atoms with Crippen LogP contribution in [0.2, 0.25) is 0 Å². The molecule has 0 spiro atoms. The highest BCUT2D eigenvalue weighted by Gasteiger charge is 2.18. The maximum atomic E-state index is 12.1. The van der Waals surface area contributed by atoms with E-state index in [4.69, 9.17) is 15.2 Å². The molecule has 0 aliphatic carbocycles. The summed E-state index contributed by atoms with van der Waals surface area (Å²) in [5.41, 5.74) is 6.89. The highest BCUT2D eigenvalue weighted by atomic mass is 32.2. The van der Waals surface area contributed by atoms with E-state index in [1.807, 2.05) is 0 Å². The van der Waals surface area contributed by atoms with Crippen molar-refractivity contribution in [1.29, 1.82) is 0 Å². The second kappa shape index (κ2) is 7.60. The van der Waals surface area contributed by atoms with Gasteiger partial charge in [-0.2, -0.15) is 0 Å². The zero-order valence-electron chi connectivity index (χ0n) is 12.8. The van der Waals surface area contributed by atoms with E-state index in [-0.39, 0.29) is 11.0 Å². The minimum absolute atomic E-state index is 0.150. The molecule has 21 heavy (non-hydrogen) atoms. The lowest BCUT2D eigenvalue weighted by molar-refractivity contribution is 0.0366. The monoisotopic (exact) mass is 317 g/mol. The lowest BCUT2D eigenvalue weighted by Crippen LogP contribution is -2.27. The van der Waals surface area contributed by atoms with Gasteiger partial charge in [-0.25, -0.2) is 12.7 Å². The van der Waals surface area contributed by atoms with Crippen molar-refractivity contribution in [3.8, 4) is 0 Å². The first-order chi connectivity index (χ1) is 9.82. The molecule has 120 valence electrons. The Morgan fingerprint density at radius 1 is 1.33 bits per heavy atom. The van der Waals surface area contributed by atoms with Crippen LogP contribution in [-0.4, -0.2) is 60.3 Å². The summed E-state index contributed by atoms with van der Waals surface area (Å²) in [4.78, 5) is 0.185. The molecule has 0 aliphatic rings. The molecule has 8 heteroatoms. The van der Waals surface area contributed by atoms with Gasteiger partial charge in [-0.15, -0.1) is 0 Å². The van der Waals surface area contributed by atoms with Crippen LogP contribution in [0.4, 0.5) is 11.4 Å². The Labute approximate surface area is 126 Å². The summed E-state index contributed by atoms with van der Waals surface area (Å²) < 4.78 is 35.6. The van der Waals surface area contributed by atoms with Crippen LogP contribution in [0.3, 0.4) is 0 Å². The lowest BCUT2D eigenvalue weighted by Gasteiger charge is -2.18. The van der Waals surface area contributed by atoms with Crippen LogP contribution in [0.5, 0.6) is 0 Å². The molecule has 7 nitrogen and oxygen atoms in total. The van der Waals surface area contributed by atoms with Crippen LogP contribution in [0, 0.1) is 0 Å². The molecule has 1 aromatic rings. The summed E-state index contributed by atoms with van der Waals surface area (Å²) in [7, 11) is 2.65. The highest BCUT2D eigenvalue weighted by molar-refractivity contribution is 7.89. The molecule has 0 aliphatic heterocycles. The first-order valence-electron chi connectivity index (χ1n) is 6.40. The molecule has 1 atom stereocenters. The number of nitrogens with one attached hydrogen (secondary N) is 1. The predicted octanol–water partition coefficient (Wildman–Crippen LogP) is 0.592. The maximum Gasteiger partial charge on any atom is 0.242 e. The average molecular weight is 317 g/mol. The quantitative estimate of drug-likeness (QED) is 0.682. The molecule has 0 radical (unpaired) electrons. The molecule has 0 saturated carbocycles. The normalized spacial score (nSPS) is 13.4. The van der Waals surface area contributed by atoms with E-state index in [2.05, 4.69) is 5.32 Å². The van der Waals surface area contributed by atoms with Crippen LogP contribution >= 0.6 is 0 Å². The first-order valence-corrected chi connectivity index (χ1v) is 7.84. The van der Waals surface area contributed by atoms with Crippen molar-refractivity contribution in [2.45, 2.75) is 11.0 Å². The van der Waals surface area contributed by atoms with Crippen LogP contribution in [0.1, 0.15) is 0 Å². The van der Waals surface area contributed by atoms with Crippen molar-refractivity contribution >= 4 is 21.4 Å². The van der Waals surface area contributed by atoms with Gasteiger partial charge >= 0.3 is 0 Å². The Balaban J connectivity index is 2.93. The van der Waals surface area contributed by atoms with Crippen molar-refractivity contribution in [2.24, 2.45) is 0 Å². The van der Waals surface area contributed by atoms with Crippen LogP contribution in [0.15, 0.2) is 23.1 Å². The first kappa shape index (κ1) is 17.7. The number of sulfonamides is 1. The van der Waals surface area contributed by atoms with E-state index in [0.717, 1.165) is 4.31 Å². The Morgan fingerprint density at radius 3 is 2.52 bits per heavy atom. The van der Waals surface area contributed by atoms with E-state index in [1.165, 1.54) is 26.2 Å². The minimum Gasteiger partial charge on any atom is -0.397 e. The Hall–Kier alpha value is -1.35. The number of hydrogen-bond donors (Lipinski definition) is 2. The van der Waals surface area contributed by atoms with Gasteiger partial charge in [-0.3, -0.25) is 0 Å². The fourth-order valence-corrected chi connectivity index (χ4v) is 2.61. The lowest BCUT2D eigenvalue weighted by atomic mass is 10.2. The van der Waals surface area contributed by atoms with Crippen molar-refractivity contribution in [3.05, 3.63) is 18.2 Å². The molecule has 0 saturated heterocycles. The maximum absolute atomic E-state index is 12.1. The number of benzene rings is 1. The number of hydrogen-bond acceptors (Lipinski definition) is 6. The van der Waals surface area contributed by atoms with Crippen LogP contribution < -0.4 is 11.1 Å². The van der Waals surface area contributed by atoms with Crippen molar-refractivity contribution in [2.75, 3.05) is 52.5 Å². The summed E-state index contributed by atoms with van der Waals surface area (Å²) in [5.74, 6) is 0. The van der Waals surface area contributed by atoms with Gasteiger partial charge < -0.3 is 20.5 Å². The summed E-state index contributed by atoms with van der Waals surface area (Å²) >= 11 is 0. The molecule has 0 amide bonds. The molecule has 0 heterocycles. The molecule has 0 bridgehead atoms. The van der Waals surface area contributed by atoms with E-state index in [0.29, 0.717) is 24.5 Å². The van der Waals surface area contributed by atoms with Gasteiger partial charge in [0.25, 0.3) is 0 Å². The zero-order valence-corrected chi connectivity index (χ0v) is 13.6. The minimum atomic E-state index is -3.49. The fourth-order valence-electron chi connectivity index (χ4n) is 1.68. The number of anilines is 2. The smallest absolute Gasteiger partial charge is 0.242 e.